The molecule has 0 radical (unpaired) electrons. The molecule has 3 aromatic rings. The van der Waals surface area contributed by atoms with Gasteiger partial charge in [0.05, 0.1) is 12.2 Å². The lowest BCUT2D eigenvalue weighted by molar-refractivity contribution is -0.126. The number of rotatable bonds is 6. The second-order valence-corrected chi connectivity index (χ2v) is 8.48. The predicted octanol–water partition coefficient (Wildman–Crippen LogP) is 3.09. The van der Waals surface area contributed by atoms with Gasteiger partial charge in [-0.3, -0.25) is 9.59 Å². The average Bonchev–Trinajstić information content (AvgIpc) is 3.53. The van der Waals surface area contributed by atoms with Crippen LogP contribution in [-0.2, 0) is 35.5 Å². The highest BCUT2D eigenvalue weighted by Crippen LogP contribution is 2.30. The smallest absolute Gasteiger partial charge is 0.227 e. The van der Waals surface area contributed by atoms with Crippen LogP contribution in [0.15, 0.2) is 61.2 Å². The Balaban J connectivity index is 1.16. The van der Waals surface area contributed by atoms with Gasteiger partial charge in [-0.25, -0.2) is 4.98 Å². The van der Waals surface area contributed by atoms with E-state index in [0.717, 1.165) is 30.6 Å². The number of carbonyl (C=O) groups excluding carboxylic acids is 2. The number of anilines is 1. The van der Waals surface area contributed by atoms with Crippen molar-refractivity contribution in [3.05, 3.63) is 83.4 Å². The van der Waals surface area contributed by atoms with E-state index in [1.165, 1.54) is 23.1 Å². The summed E-state index contributed by atoms with van der Waals surface area (Å²) in [5.41, 5.74) is 5.88. The Kier molecular flexibility index (Phi) is 5.28. The lowest BCUT2D eigenvalue weighted by Gasteiger charge is -2.18. The molecule has 1 unspecified atom stereocenters. The Labute approximate surface area is 181 Å². The van der Waals surface area contributed by atoms with Crippen LogP contribution in [0.4, 0.5) is 5.69 Å². The fourth-order valence-electron chi connectivity index (χ4n) is 4.55. The van der Waals surface area contributed by atoms with Gasteiger partial charge in [0.15, 0.2) is 0 Å². The van der Waals surface area contributed by atoms with Crippen LogP contribution in [0.3, 0.4) is 0 Å². The minimum absolute atomic E-state index is 0.0296. The molecule has 0 saturated carbocycles. The molecule has 1 atom stereocenters. The number of amides is 2. The van der Waals surface area contributed by atoms with Gasteiger partial charge < -0.3 is 14.8 Å². The molecule has 1 aliphatic heterocycles. The topological polar surface area (TPSA) is 67.2 Å². The first kappa shape index (κ1) is 19.5. The van der Waals surface area contributed by atoms with Crippen molar-refractivity contribution in [1.82, 2.24) is 14.9 Å². The fourth-order valence-corrected chi connectivity index (χ4v) is 4.55. The van der Waals surface area contributed by atoms with E-state index in [-0.39, 0.29) is 24.2 Å². The van der Waals surface area contributed by atoms with Gasteiger partial charge in [0, 0.05) is 44.1 Å². The zero-order valence-electron chi connectivity index (χ0n) is 17.5. The van der Waals surface area contributed by atoms with E-state index in [2.05, 4.69) is 34.6 Å². The number of carbonyl (C=O) groups is 2. The van der Waals surface area contributed by atoms with E-state index in [1.807, 2.05) is 29.0 Å². The summed E-state index contributed by atoms with van der Waals surface area (Å²) in [6, 6.07) is 14.5. The van der Waals surface area contributed by atoms with Crippen LogP contribution in [-0.4, -0.2) is 27.9 Å². The lowest BCUT2D eigenvalue weighted by Crippen LogP contribution is -2.32. The van der Waals surface area contributed by atoms with Crippen LogP contribution in [0.2, 0.25) is 0 Å². The van der Waals surface area contributed by atoms with Crippen LogP contribution in [0.5, 0.6) is 0 Å². The van der Waals surface area contributed by atoms with Crippen molar-refractivity contribution in [3.63, 3.8) is 0 Å². The van der Waals surface area contributed by atoms with E-state index in [1.54, 1.807) is 17.4 Å². The molecule has 1 aliphatic carbocycles. The van der Waals surface area contributed by atoms with E-state index in [4.69, 9.17) is 0 Å². The second kappa shape index (κ2) is 8.38. The molecule has 6 heteroatoms. The molecule has 6 nitrogen and oxygen atoms in total. The number of nitrogens with zero attached hydrogens (tertiary/aromatic N) is 3. The van der Waals surface area contributed by atoms with Gasteiger partial charge in [0.1, 0.15) is 0 Å². The molecule has 5 rings (SSSR count). The summed E-state index contributed by atoms with van der Waals surface area (Å²) >= 11 is 0. The zero-order valence-corrected chi connectivity index (χ0v) is 17.5. The molecule has 1 fully saturated rings. The average molecular weight is 415 g/mol. The minimum atomic E-state index is -0.304. The largest absolute Gasteiger partial charge is 0.352 e. The van der Waals surface area contributed by atoms with Gasteiger partial charge in [0.2, 0.25) is 11.8 Å². The number of hydrogen-bond acceptors (Lipinski definition) is 3. The summed E-state index contributed by atoms with van der Waals surface area (Å²) in [7, 11) is 0. The van der Waals surface area contributed by atoms with E-state index in [0.29, 0.717) is 13.1 Å². The molecule has 158 valence electrons. The van der Waals surface area contributed by atoms with E-state index in [9.17, 15) is 9.59 Å². The molecule has 2 aromatic carbocycles. The second-order valence-electron chi connectivity index (χ2n) is 8.48. The maximum atomic E-state index is 12.7. The monoisotopic (exact) mass is 414 g/mol. The highest BCUT2D eigenvalue weighted by atomic mass is 16.2. The van der Waals surface area contributed by atoms with Crippen molar-refractivity contribution in [2.45, 2.75) is 38.8 Å². The Morgan fingerprint density at radius 3 is 2.68 bits per heavy atom. The quantitative estimate of drug-likeness (QED) is 0.674. The number of aromatic nitrogens is 2. The first-order chi connectivity index (χ1) is 15.2. The molecule has 2 amide bonds. The fraction of sp³-hybridized carbons (Fsp3) is 0.320. The van der Waals surface area contributed by atoms with E-state index < -0.39 is 0 Å². The van der Waals surface area contributed by atoms with Crippen LogP contribution in [0.25, 0.3) is 0 Å². The maximum Gasteiger partial charge on any atom is 0.227 e. The first-order valence-electron chi connectivity index (χ1n) is 10.9. The number of fused-ring (bicyclic) bond motifs is 1. The SMILES string of the molecule is O=C(NCc1ccc(Cn2ccnc2)cc1)C1CC(=O)N(c2ccc3c(c2)CCC3)C1. The van der Waals surface area contributed by atoms with Crippen LogP contribution in [0, 0.1) is 5.92 Å². The van der Waals surface area contributed by atoms with Crippen LogP contribution < -0.4 is 10.2 Å². The summed E-state index contributed by atoms with van der Waals surface area (Å²) < 4.78 is 2.01. The summed E-state index contributed by atoms with van der Waals surface area (Å²) in [6.07, 6.45) is 9.15. The van der Waals surface area contributed by atoms with Gasteiger partial charge in [-0.05, 0) is 53.6 Å². The zero-order chi connectivity index (χ0) is 21.2. The summed E-state index contributed by atoms with van der Waals surface area (Å²) in [5.74, 6) is -0.331. The first-order valence-corrected chi connectivity index (χ1v) is 10.9. The molecule has 2 aliphatic rings. The number of hydrogen-bond donors (Lipinski definition) is 1. The third kappa shape index (κ3) is 4.24. The van der Waals surface area contributed by atoms with Gasteiger partial charge in [0.25, 0.3) is 0 Å². The summed E-state index contributed by atoms with van der Waals surface area (Å²) in [4.78, 5) is 31.1. The molecular weight excluding hydrogens is 388 g/mol. The Morgan fingerprint density at radius 1 is 1.06 bits per heavy atom. The van der Waals surface area contributed by atoms with Gasteiger partial charge in [-0.2, -0.15) is 0 Å². The number of imidazole rings is 1. The summed E-state index contributed by atoms with van der Waals surface area (Å²) in [6.45, 7) is 1.69. The van der Waals surface area contributed by atoms with Crippen LogP contribution >= 0.6 is 0 Å². The number of aryl methyl sites for hydroxylation is 2. The highest BCUT2D eigenvalue weighted by molar-refractivity contribution is 6.00. The van der Waals surface area contributed by atoms with E-state index >= 15 is 0 Å². The van der Waals surface area contributed by atoms with Crippen molar-refractivity contribution in [1.29, 1.82) is 0 Å². The van der Waals surface area contributed by atoms with Gasteiger partial charge >= 0.3 is 0 Å². The molecular formula is C25H26N4O2. The van der Waals surface area contributed by atoms with Gasteiger partial charge in [-0.15, -0.1) is 0 Å². The summed E-state index contributed by atoms with van der Waals surface area (Å²) in [5, 5.41) is 3.01. The Hall–Kier alpha value is -3.41. The van der Waals surface area contributed by atoms with Crippen molar-refractivity contribution in [2.24, 2.45) is 5.92 Å². The minimum Gasteiger partial charge on any atom is -0.352 e. The van der Waals surface area contributed by atoms with Gasteiger partial charge in [-0.1, -0.05) is 30.3 Å². The Morgan fingerprint density at radius 2 is 1.87 bits per heavy atom. The van der Waals surface area contributed by atoms with Crippen LogP contribution in [0.1, 0.15) is 35.1 Å². The Bertz CT molecular complexity index is 1090. The molecule has 1 saturated heterocycles. The normalized spacial score (nSPS) is 17.7. The molecule has 31 heavy (non-hydrogen) atoms. The van der Waals surface area contributed by atoms with Crippen molar-refractivity contribution in [2.75, 3.05) is 11.4 Å². The molecule has 2 heterocycles. The standard InChI is InChI=1S/C25H26N4O2/c30-24-13-22(16-29(24)23-9-8-20-2-1-3-21(20)12-23)25(31)27-14-18-4-6-19(7-5-18)15-28-11-10-26-17-28/h4-12,17,22H,1-3,13-16H2,(H,27,31). The van der Waals surface area contributed by atoms with Crippen molar-refractivity contribution in [3.8, 4) is 0 Å². The third-order valence-corrected chi connectivity index (χ3v) is 6.30. The number of nitrogens with one attached hydrogen (secondary N) is 1. The molecule has 0 bridgehead atoms. The molecule has 1 N–H and O–H groups in total. The van der Waals surface area contributed by atoms with Crippen molar-refractivity contribution >= 4 is 17.5 Å². The number of benzene rings is 2. The molecule has 1 aromatic heterocycles. The predicted molar refractivity (Wildman–Crippen MR) is 119 cm³/mol. The molecule has 0 spiro atoms. The third-order valence-electron chi connectivity index (χ3n) is 6.30. The lowest BCUT2D eigenvalue weighted by atomic mass is 10.1. The highest BCUT2D eigenvalue weighted by Gasteiger charge is 2.35. The van der Waals surface area contributed by atoms with Crippen molar-refractivity contribution < 1.29 is 9.59 Å². The maximum absolute atomic E-state index is 12.7.